The van der Waals surface area contributed by atoms with Gasteiger partial charge in [0, 0.05) is 0 Å². The fraction of sp³-hybridized carbons (Fsp3) is 0.909. The number of carbonyl (C=O) groups excluding carboxylic acids is 1. The van der Waals surface area contributed by atoms with Gasteiger partial charge in [-0.15, -0.1) is 0 Å². The van der Waals surface area contributed by atoms with E-state index >= 15 is 0 Å². The maximum atomic E-state index is 11.3. The van der Waals surface area contributed by atoms with Crippen molar-refractivity contribution in [1.82, 2.24) is 0 Å². The number of rotatable bonds is 5. The van der Waals surface area contributed by atoms with Gasteiger partial charge in [-0.25, -0.2) is 0 Å². The van der Waals surface area contributed by atoms with Crippen molar-refractivity contribution in [3.63, 3.8) is 0 Å². The molecule has 0 aromatic carbocycles. The Hall–Kier alpha value is -0.530. The van der Waals surface area contributed by atoms with Gasteiger partial charge in [0.2, 0.25) is 0 Å². The second-order valence-corrected chi connectivity index (χ2v) is 3.94. The minimum Gasteiger partial charge on any atom is -0.465 e. The summed E-state index contributed by atoms with van der Waals surface area (Å²) in [6.07, 6.45) is 5.50. The molecule has 0 unspecified atom stereocenters. The standard InChI is InChI=1S/C11H20O2/c1-3-9(4-2)8-13-11(12)10-6-5-7-10/h9-10H,3-8H2,1-2H3. The molecule has 0 bridgehead atoms. The van der Waals surface area contributed by atoms with Crippen molar-refractivity contribution in [3.8, 4) is 0 Å². The molecule has 0 saturated heterocycles. The van der Waals surface area contributed by atoms with E-state index < -0.39 is 0 Å². The Kier molecular flexibility index (Phi) is 4.26. The molecule has 0 aromatic heterocycles. The van der Waals surface area contributed by atoms with Crippen molar-refractivity contribution in [2.75, 3.05) is 6.61 Å². The average Bonchev–Trinajstić information content (AvgIpc) is 2.03. The van der Waals surface area contributed by atoms with Crippen LogP contribution in [0.15, 0.2) is 0 Å². The molecule has 0 aromatic rings. The third-order valence-corrected chi connectivity index (χ3v) is 3.05. The number of carbonyl (C=O) groups is 1. The Labute approximate surface area is 80.7 Å². The molecule has 13 heavy (non-hydrogen) atoms. The monoisotopic (exact) mass is 184 g/mol. The van der Waals surface area contributed by atoms with Gasteiger partial charge in [0.05, 0.1) is 12.5 Å². The smallest absolute Gasteiger partial charge is 0.308 e. The van der Waals surface area contributed by atoms with Crippen LogP contribution in [-0.2, 0) is 9.53 Å². The van der Waals surface area contributed by atoms with Crippen LogP contribution in [0.2, 0.25) is 0 Å². The number of ether oxygens (including phenoxy) is 1. The van der Waals surface area contributed by atoms with E-state index in [1.165, 1.54) is 6.42 Å². The summed E-state index contributed by atoms with van der Waals surface area (Å²) in [4.78, 5) is 11.3. The highest BCUT2D eigenvalue weighted by Gasteiger charge is 2.26. The fourth-order valence-electron chi connectivity index (χ4n) is 1.49. The van der Waals surface area contributed by atoms with Crippen LogP contribution < -0.4 is 0 Å². The molecule has 0 amide bonds. The second-order valence-electron chi connectivity index (χ2n) is 3.94. The molecule has 2 heteroatoms. The van der Waals surface area contributed by atoms with Crippen molar-refractivity contribution in [3.05, 3.63) is 0 Å². The zero-order valence-electron chi connectivity index (χ0n) is 8.71. The van der Waals surface area contributed by atoms with Crippen LogP contribution in [0.1, 0.15) is 46.0 Å². The fourth-order valence-corrected chi connectivity index (χ4v) is 1.49. The highest BCUT2D eigenvalue weighted by atomic mass is 16.5. The molecule has 0 spiro atoms. The molecule has 1 saturated carbocycles. The van der Waals surface area contributed by atoms with E-state index in [-0.39, 0.29) is 11.9 Å². The van der Waals surface area contributed by atoms with Gasteiger partial charge in [0.25, 0.3) is 0 Å². The summed E-state index contributed by atoms with van der Waals surface area (Å²) in [5, 5.41) is 0. The van der Waals surface area contributed by atoms with Gasteiger partial charge in [-0.3, -0.25) is 4.79 Å². The third kappa shape index (κ3) is 3.02. The van der Waals surface area contributed by atoms with E-state index in [9.17, 15) is 4.79 Å². The lowest BCUT2D eigenvalue weighted by atomic mass is 9.86. The molecule has 0 atom stereocenters. The SMILES string of the molecule is CCC(CC)COC(=O)C1CCC1. The first-order valence-corrected chi connectivity index (χ1v) is 5.44. The zero-order chi connectivity index (χ0) is 9.68. The summed E-state index contributed by atoms with van der Waals surface area (Å²) in [5.41, 5.74) is 0. The summed E-state index contributed by atoms with van der Waals surface area (Å²) < 4.78 is 5.25. The van der Waals surface area contributed by atoms with E-state index in [1.807, 2.05) is 0 Å². The van der Waals surface area contributed by atoms with Gasteiger partial charge in [0.1, 0.15) is 0 Å². The second kappa shape index (κ2) is 5.25. The number of hydrogen-bond acceptors (Lipinski definition) is 2. The van der Waals surface area contributed by atoms with Crippen LogP contribution in [-0.4, -0.2) is 12.6 Å². The van der Waals surface area contributed by atoms with Crippen molar-refractivity contribution >= 4 is 5.97 Å². The molecule has 1 rings (SSSR count). The van der Waals surface area contributed by atoms with Crippen LogP contribution in [0, 0.1) is 11.8 Å². The van der Waals surface area contributed by atoms with Crippen molar-refractivity contribution in [1.29, 1.82) is 0 Å². The van der Waals surface area contributed by atoms with Crippen molar-refractivity contribution in [2.24, 2.45) is 11.8 Å². The molecule has 0 aliphatic heterocycles. The third-order valence-electron chi connectivity index (χ3n) is 3.05. The van der Waals surface area contributed by atoms with Gasteiger partial charge in [-0.05, 0) is 18.8 Å². The molecule has 1 fully saturated rings. The first-order chi connectivity index (χ1) is 6.27. The summed E-state index contributed by atoms with van der Waals surface area (Å²) in [6, 6.07) is 0. The lowest BCUT2D eigenvalue weighted by molar-refractivity contribution is -0.152. The Balaban J connectivity index is 2.12. The summed E-state index contributed by atoms with van der Waals surface area (Å²) in [7, 11) is 0. The lowest BCUT2D eigenvalue weighted by Gasteiger charge is -2.24. The topological polar surface area (TPSA) is 26.3 Å². The molecule has 0 N–H and O–H groups in total. The molecule has 1 aliphatic rings. The van der Waals surface area contributed by atoms with E-state index in [0.717, 1.165) is 25.7 Å². The van der Waals surface area contributed by atoms with Gasteiger partial charge in [-0.1, -0.05) is 33.1 Å². The Bertz CT molecular complexity index is 157. The van der Waals surface area contributed by atoms with Gasteiger partial charge >= 0.3 is 5.97 Å². The molecular weight excluding hydrogens is 164 g/mol. The first-order valence-electron chi connectivity index (χ1n) is 5.44. The summed E-state index contributed by atoms with van der Waals surface area (Å²) >= 11 is 0. The number of hydrogen-bond donors (Lipinski definition) is 0. The number of esters is 1. The van der Waals surface area contributed by atoms with Crippen LogP contribution in [0.5, 0.6) is 0 Å². The van der Waals surface area contributed by atoms with Crippen molar-refractivity contribution in [2.45, 2.75) is 46.0 Å². The van der Waals surface area contributed by atoms with E-state index in [1.54, 1.807) is 0 Å². The minimum atomic E-state index is 0.0400. The van der Waals surface area contributed by atoms with Gasteiger partial charge < -0.3 is 4.74 Å². The quantitative estimate of drug-likeness (QED) is 0.614. The normalized spacial score (nSPS) is 17.2. The van der Waals surface area contributed by atoms with Crippen LogP contribution in [0.25, 0.3) is 0 Å². The van der Waals surface area contributed by atoms with Crippen LogP contribution >= 0.6 is 0 Å². The van der Waals surface area contributed by atoms with Crippen LogP contribution in [0.3, 0.4) is 0 Å². The predicted octanol–water partition coefficient (Wildman–Crippen LogP) is 2.77. The highest BCUT2D eigenvalue weighted by Crippen LogP contribution is 2.27. The molecule has 1 aliphatic carbocycles. The van der Waals surface area contributed by atoms with Crippen LogP contribution in [0.4, 0.5) is 0 Å². The van der Waals surface area contributed by atoms with E-state index in [4.69, 9.17) is 4.74 Å². The Morgan fingerprint density at radius 2 is 2.00 bits per heavy atom. The lowest BCUT2D eigenvalue weighted by Crippen LogP contribution is -2.26. The first kappa shape index (κ1) is 10.6. The summed E-state index contributed by atoms with van der Waals surface area (Å²) in [5.74, 6) is 0.830. The Morgan fingerprint density at radius 3 is 2.38 bits per heavy atom. The maximum Gasteiger partial charge on any atom is 0.308 e. The molecule has 0 radical (unpaired) electrons. The van der Waals surface area contributed by atoms with E-state index in [0.29, 0.717) is 12.5 Å². The average molecular weight is 184 g/mol. The van der Waals surface area contributed by atoms with Gasteiger partial charge in [-0.2, -0.15) is 0 Å². The maximum absolute atomic E-state index is 11.3. The zero-order valence-corrected chi connectivity index (χ0v) is 8.71. The Morgan fingerprint density at radius 1 is 1.38 bits per heavy atom. The summed E-state index contributed by atoms with van der Waals surface area (Å²) in [6.45, 7) is 4.92. The predicted molar refractivity (Wildman–Crippen MR) is 52.4 cm³/mol. The molecular formula is C11H20O2. The van der Waals surface area contributed by atoms with Crippen molar-refractivity contribution < 1.29 is 9.53 Å². The van der Waals surface area contributed by atoms with Gasteiger partial charge in [0.15, 0.2) is 0 Å². The highest BCUT2D eigenvalue weighted by molar-refractivity contribution is 5.73. The minimum absolute atomic E-state index is 0.0400. The molecule has 2 nitrogen and oxygen atoms in total. The van der Waals surface area contributed by atoms with E-state index in [2.05, 4.69) is 13.8 Å². The molecule has 0 heterocycles. The largest absolute Gasteiger partial charge is 0.465 e. The molecule has 76 valence electrons.